The summed E-state index contributed by atoms with van der Waals surface area (Å²) in [5, 5.41) is 3.24. The topological polar surface area (TPSA) is 41.1 Å². The highest BCUT2D eigenvalue weighted by Crippen LogP contribution is 2.29. The fraction of sp³-hybridized carbons (Fsp3) is 0.750. The van der Waals surface area contributed by atoms with Gasteiger partial charge in [0.2, 0.25) is 0 Å². The van der Waals surface area contributed by atoms with Gasteiger partial charge in [0.05, 0.1) is 17.6 Å². The standard InChI is InChI=1S/C16H28N4/c1-11(2)16-18-10-15(14(19-16)9-17-5)20-7-6-12(3)8-13(20)4/h10-13,17H,6-9H2,1-5H3. The van der Waals surface area contributed by atoms with Crippen molar-refractivity contribution in [3.8, 4) is 0 Å². The number of hydrogen-bond acceptors (Lipinski definition) is 4. The molecule has 1 aliphatic rings. The van der Waals surface area contributed by atoms with Crippen molar-refractivity contribution in [2.75, 3.05) is 18.5 Å². The molecule has 1 saturated heterocycles. The monoisotopic (exact) mass is 276 g/mol. The summed E-state index contributed by atoms with van der Waals surface area (Å²) in [4.78, 5) is 11.8. The molecule has 4 nitrogen and oxygen atoms in total. The zero-order chi connectivity index (χ0) is 14.7. The van der Waals surface area contributed by atoms with E-state index < -0.39 is 0 Å². The lowest BCUT2D eigenvalue weighted by Gasteiger charge is -2.38. The van der Waals surface area contributed by atoms with Crippen LogP contribution in [-0.4, -0.2) is 29.6 Å². The summed E-state index contributed by atoms with van der Waals surface area (Å²) in [5.41, 5.74) is 2.34. The number of nitrogens with zero attached hydrogens (tertiary/aromatic N) is 3. The Morgan fingerprint density at radius 1 is 1.40 bits per heavy atom. The number of aromatic nitrogens is 2. The third kappa shape index (κ3) is 3.29. The molecule has 1 aliphatic heterocycles. The lowest BCUT2D eigenvalue weighted by molar-refractivity contribution is 0.376. The number of piperidine rings is 1. The van der Waals surface area contributed by atoms with E-state index in [4.69, 9.17) is 4.98 Å². The molecule has 2 atom stereocenters. The van der Waals surface area contributed by atoms with Gasteiger partial charge >= 0.3 is 0 Å². The first-order chi connectivity index (χ1) is 9.52. The Morgan fingerprint density at radius 3 is 2.75 bits per heavy atom. The van der Waals surface area contributed by atoms with E-state index in [1.807, 2.05) is 13.2 Å². The molecule has 0 bridgehead atoms. The first-order valence-corrected chi connectivity index (χ1v) is 7.80. The number of nitrogens with one attached hydrogen (secondary N) is 1. The van der Waals surface area contributed by atoms with Gasteiger partial charge in [0.15, 0.2) is 0 Å². The van der Waals surface area contributed by atoms with Crippen molar-refractivity contribution < 1.29 is 0 Å². The molecule has 0 saturated carbocycles. The maximum atomic E-state index is 4.78. The SMILES string of the molecule is CNCc1nc(C(C)C)ncc1N1CCC(C)CC1C. The Kier molecular flexibility index (Phi) is 4.97. The van der Waals surface area contributed by atoms with E-state index >= 15 is 0 Å². The summed E-state index contributed by atoms with van der Waals surface area (Å²) in [6.45, 7) is 10.9. The summed E-state index contributed by atoms with van der Waals surface area (Å²) in [5.74, 6) is 2.14. The zero-order valence-corrected chi connectivity index (χ0v) is 13.5. The highest BCUT2D eigenvalue weighted by molar-refractivity contribution is 5.50. The van der Waals surface area contributed by atoms with Crippen LogP contribution in [0.15, 0.2) is 6.20 Å². The molecule has 2 unspecified atom stereocenters. The molecule has 0 radical (unpaired) electrons. The lowest BCUT2D eigenvalue weighted by atomic mass is 9.93. The maximum Gasteiger partial charge on any atom is 0.131 e. The quantitative estimate of drug-likeness (QED) is 0.918. The predicted octanol–water partition coefficient (Wildman–Crippen LogP) is 2.94. The van der Waals surface area contributed by atoms with Crippen LogP contribution in [0, 0.1) is 5.92 Å². The molecule has 0 aromatic carbocycles. The van der Waals surface area contributed by atoms with Crippen molar-refractivity contribution >= 4 is 5.69 Å². The van der Waals surface area contributed by atoms with Gasteiger partial charge in [-0.05, 0) is 32.7 Å². The molecule has 1 aromatic heterocycles. The van der Waals surface area contributed by atoms with Gasteiger partial charge in [0.25, 0.3) is 0 Å². The first kappa shape index (κ1) is 15.2. The van der Waals surface area contributed by atoms with Crippen LogP contribution in [0.4, 0.5) is 5.69 Å². The van der Waals surface area contributed by atoms with Gasteiger partial charge < -0.3 is 10.2 Å². The minimum atomic E-state index is 0.374. The second-order valence-electron chi connectivity index (χ2n) is 6.42. The number of anilines is 1. The molecule has 1 aromatic rings. The van der Waals surface area contributed by atoms with E-state index in [1.54, 1.807) is 0 Å². The zero-order valence-electron chi connectivity index (χ0n) is 13.5. The average molecular weight is 276 g/mol. The van der Waals surface area contributed by atoms with Crippen LogP contribution in [0.1, 0.15) is 58.0 Å². The second kappa shape index (κ2) is 6.53. The maximum absolute atomic E-state index is 4.78. The molecule has 2 rings (SSSR count). The Morgan fingerprint density at radius 2 is 2.15 bits per heavy atom. The summed E-state index contributed by atoms with van der Waals surface area (Å²) >= 11 is 0. The summed E-state index contributed by atoms with van der Waals surface area (Å²) in [6, 6.07) is 0.572. The van der Waals surface area contributed by atoms with Gasteiger partial charge in [-0.15, -0.1) is 0 Å². The largest absolute Gasteiger partial charge is 0.366 e. The first-order valence-electron chi connectivity index (χ1n) is 7.80. The van der Waals surface area contributed by atoms with E-state index in [-0.39, 0.29) is 0 Å². The Bertz CT molecular complexity index is 444. The minimum Gasteiger partial charge on any atom is -0.366 e. The Balaban J connectivity index is 2.30. The van der Waals surface area contributed by atoms with Crippen LogP contribution in [0.25, 0.3) is 0 Å². The summed E-state index contributed by atoms with van der Waals surface area (Å²) in [7, 11) is 1.97. The smallest absolute Gasteiger partial charge is 0.131 e. The average Bonchev–Trinajstić information content (AvgIpc) is 2.39. The Labute approximate surface area is 123 Å². The van der Waals surface area contributed by atoms with Crippen LogP contribution in [0.5, 0.6) is 0 Å². The van der Waals surface area contributed by atoms with E-state index in [1.165, 1.54) is 18.5 Å². The molecule has 20 heavy (non-hydrogen) atoms. The molecular weight excluding hydrogens is 248 g/mol. The van der Waals surface area contributed by atoms with Crippen LogP contribution < -0.4 is 10.2 Å². The number of rotatable bonds is 4. The van der Waals surface area contributed by atoms with Crippen LogP contribution in [0.3, 0.4) is 0 Å². The molecule has 1 N–H and O–H groups in total. The van der Waals surface area contributed by atoms with Gasteiger partial charge in [-0.25, -0.2) is 9.97 Å². The van der Waals surface area contributed by atoms with Crippen LogP contribution in [-0.2, 0) is 6.54 Å². The van der Waals surface area contributed by atoms with E-state index in [2.05, 4.69) is 42.9 Å². The lowest BCUT2D eigenvalue weighted by Crippen LogP contribution is -2.41. The van der Waals surface area contributed by atoms with Gasteiger partial charge in [-0.1, -0.05) is 20.8 Å². The van der Waals surface area contributed by atoms with Crippen LogP contribution in [0.2, 0.25) is 0 Å². The fourth-order valence-electron chi connectivity index (χ4n) is 3.01. The van der Waals surface area contributed by atoms with Crippen molar-refractivity contribution in [1.82, 2.24) is 15.3 Å². The van der Waals surface area contributed by atoms with Crippen molar-refractivity contribution in [3.05, 3.63) is 17.7 Å². The minimum absolute atomic E-state index is 0.374. The molecule has 2 heterocycles. The van der Waals surface area contributed by atoms with E-state index in [0.717, 1.165) is 30.5 Å². The van der Waals surface area contributed by atoms with Crippen molar-refractivity contribution in [2.45, 2.75) is 59.0 Å². The molecule has 0 amide bonds. The number of hydrogen-bond donors (Lipinski definition) is 1. The van der Waals surface area contributed by atoms with Crippen LogP contribution >= 0.6 is 0 Å². The van der Waals surface area contributed by atoms with Crippen molar-refractivity contribution in [2.24, 2.45) is 5.92 Å². The van der Waals surface area contributed by atoms with E-state index in [0.29, 0.717) is 12.0 Å². The van der Waals surface area contributed by atoms with Gasteiger partial charge in [0.1, 0.15) is 5.82 Å². The summed E-state index contributed by atoms with van der Waals surface area (Å²) < 4.78 is 0. The van der Waals surface area contributed by atoms with Gasteiger partial charge in [0, 0.05) is 25.0 Å². The normalized spacial score (nSPS) is 23.4. The Hall–Kier alpha value is -1.16. The molecule has 0 aliphatic carbocycles. The third-order valence-corrected chi connectivity index (χ3v) is 4.17. The third-order valence-electron chi connectivity index (χ3n) is 4.17. The fourth-order valence-corrected chi connectivity index (χ4v) is 3.01. The van der Waals surface area contributed by atoms with Crippen molar-refractivity contribution in [1.29, 1.82) is 0 Å². The van der Waals surface area contributed by atoms with Crippen molar-refractivity contribution in [3.63, 3.8) is 0 Å². The van der Waals surface area contributed by atoms with E-state index in [9.17, 15) is 0 Å². The molecule has 0 spiro atoms. The molecule has 1 fully saturated rings. The molecule has 112 valence electrons. The van der Waals surface area contributed by atoms with Gasteiger partial charge in [-0.3, -0.25) is 0 Å². The molecular formula is C16H28N4. The predicted molar refractivity (Wildman–Crippen MR) is 84.1 cm³/mol. The highest BCUT2D eigenvalue weighted by Gasteiger charge is 2.25. The summed E-state index contributed by atoms with van der Waals surface area (Å²) in [6.07, 6.45) is 4.54. The highest BCUT2D eigenvalue weighted by atomic mass is 15.2. The molecule has 4 heteroatoms. The van der Waals surface area contributed by atoms with Gasteiger partial charge in [-0.2, -0.15) is 0 Å². The second-order valence-corrected chi connectivity index (χ2v) is 6.42.